The first kappa shape index (κ1) is 21.0. The Labute approximate surface area is 174 Å². The predicted molar refractivity (Wildman–Crippen MR) is 107 cm³/mol. The Morgan fingerprint density at radius 3 is 2.45 bits per heavy atom. The van der Waals surface area contributed by atoms with Crippen LogP contribution >= 0.6 is 11.6 Å². The summed E-state index contributed by atoms with van der Waals surface area (Å²) >= 11 is 5.94. The van der Waals surface area contributed by atoms with Gasteiger partial charge in [0, 0.05) is 17.3 Å². The van der Waals surface area contributed by atoms with E-state index < -0.39 is 18.0 Å². The molecule has 154 valence electrons. The Bertz CT molecular complexity index is 856. The molecule has 2 aliphatic rings. The summed E-state index contributed by atoms with van der Waals surface area (Å²) in [6.07, 6.45) is 3.74. The molecule has 3 amide bonds. The van der Waals surface area contributed by atoms with Crippen molar-refractivity contribution in [3.63, 3.8) is 0 Å². The average Bonchev–Trinajstić information content (AvgIpc) is 2.93. The van der Waals surface area contributed by atoms with Crippen molar-refractivity contribution in [2.24, 2.45) is 11.8 Å². The number of esters is 1. The lowest BCUT2D eigenvalue weighted by Gasteiger charge is -2.17. The number of ether oxygens (including phenoxy) is 1. The van der Waals surface area contributed by atoms with E-state index in [1.54, 1.807) is 18.2 Å². The molecule has 7 nitrogen and oxygen atoms in total. The minimum atomic E-state index is -1.03. The summed E-state index contributed by atoms with van der Waals surface area (Å²) in [6.45, 7) is 3.24. The van der Waals surface area contributed by atoms with Gasteiger partial charge in [0.1, 0.15) is 0 Å². The molecule has 3 atom stereocenters. The predicted octanol–water partition coefficient (Wildman–Crippen LogP) is 2.86. The van der Waals surface area contributed by atoms with Crippen molar-refractivity contribution in [3.8, 4) is 0 Å². The highest BCUT2D eigenvalue weighted by molar-refractivity contribution is 6.31. The van der Waals surface area contributed by atoms with Crippen LogP contribution in [0.2, 0.25) is 5.02 Å². The minimum absolute atomic E-state index is 0.0365. The lowest BCUT2D eigenvalue weighted by atomic mass is 9.85. The van der Waals surface area contributed by atoms with Crippen LogP contribution in [0, 0.1) is 18.8 Å². The molecule has 0 bridgehead atoms. The van der Waals surface area contributed by atoms with Gasteiger partial charge in [-0.2, -0.15) is 0 Å². The zero-order valence-corrected chi connectivity index (χ0v) is 17.1. The zero-order chi connectivity index (χ0) is 21.1. The molecule has 0 spiro atoms. The van der Waals surface area contributed by atoms with Crippen LogP contribution in [-0.2, 0) is 23.9 Å². The van der Waals surface area contributed by atoms with Gasteiger partial charge in [0.25, 0.3) is 5.91 Å². The minimum Gasteiger partial charge on any atom is -0.452 e. The van der Waals surface area contributed by atoms with Crippen molar-refractivity contribution in [3.05, 3.63) is 40.9 Å². The van der Waals surface area contributed by atoms with Crippen LogP contribution < -0.4 is 5.32 Å². The molecule has 0 radical (unpaired) electrons. The fourth-order valence-corrected chi connectivity index (χ4v) is 3.74. The maximum absolute atomic E-state index is 12.4. The van der Waals surface area contributed by atoms with Gasteiger partial charge in [0.15, 0.2) is 6.10 Å². The van der Waals surface area contributed by atoms with E-state index in [9.17, 15) is 19.2 Å². The molecule has 0 unspecified atom stereocenters. The number of nitrogens with one attached hydrogen (secondary N) is 1. The number of amides is 3. The number of rotatable bonds is 6. The van der Waals surface area contributed by atoms with Crippen molar-refractivity contribution < 1.29 is 23.9 Å². The van der Waals surface area contributed by atoms with Gasteiger partial charge in [-0.1, -0.05) is 29.8 Å². The normalized spacial score (nSPS) is 21.7. The number of aryl methyl sites for hydroxylation is 1. The number of fused-ring (bicyclic) bond motifs is 1. The van der Waals surface area contributed by atoms with E-state index in [0.717, 1.165) is 10.5 Å². The third-order valence-electron chi connectivity index (χ3n) is 5.27. The number of carbonyl (C=O) groups excluding carboxylic acids is 4. The number of halogens is 1. The van der Waals surface area contributed by atoms with E-state index in [4.69, 9.17) is 16.3 Å². The number of anilines is 1. The molecule has 1 aromatic carbocycles. The summed E-state index contributed by atoms with van der Waals surface area (Å²) in [6, 6.07) is 5.09. The second-order valence-electron chi connectivity index (χ2n) is 7.31. The highest BCUT2D eigenvalue weighted by Gasteiger charge is 2.47. The molecular formula is C21H23ClN2O5. The maximum atomic E-state index is 12.4. The average molecular weight is 419 g/mol. The number of allylic oxidation sites excluding steroid dienone is 2. The largest absolute Gasteiger partial charge is 0.452 e. The second kappa shape index (κ2) is 8.78. The quantitative estimate of drug-likeness (QED) is 0.435. The molecule has 8 heteroatoms. The number of carbonyl (C=O) groups is 4. The topological polar surface area (TPSA) is 92.8 Å². The van der Waals surface area contributed by atoms with Gasteiger partial charge in [-0.25, -0.2) is 0 Å². The third kappa shape index (κ3) is 4.67. The van der Waals surface area contributed by atoms with Crippen LogP contribution in [-0.4, -0.2) is 41.2 Å². The summed E-state index contributed by atoms with van der Waals surface area (Å²) in [7, 11) is 0. The van der Waals surface area contributed by atoms with Gasteiger partial charge in [0.2, 0.25) is 11.8 Å². The molecule has 1 aromatic rings. The first-order valence-electron chi connectivity index (χ1n) is 9.54. The smallest absolute Gasteiger partial charge is 0.308 e. The van der Waals surface area contributed by atoms with Crippen molar-refractivity contribution in [1.29, 1.82) is 0 Å². The molecule has 3 rings (SSSR count). The molecule has 0 aromatic heterocycles. The van der Waals surface area contributed by atoms with Crippen LogP contribution in [0.3, 0.4) is 0 Å². The van der Waals surface area contributed by atoms with Gasteiger partial charge >= 0.3 is 5.97 Å². The number of nitrogens with zero attached hydrogens (tertiary/aromatic N) is 1. The maximum Gasteiger partial charge on any atom is 0.308 e. The summed E-state index contributed by atoms with van der Waals surface area (Å²) in [5, 5.41) is 3.15. The van der Waals surface area contributed by atoms with Crippen LogP contribution in [0.25, 0.3) is 0 Å². The Morgan fingerprint density at radius 2 is 1.83 bits per heavy atom. The van der Waals surface area contributed by atoms with Crippen molar-refractivity contribution in [2.75, 3.05) is 11.9 Å². The van der Waals surface area contributed by atoms with Crippen LogP contribution in [0.1, 0.15) is 31.7 Å². The summed E-state index contributed by atoms with van der Waals surface area (Å²) in [4.78, 5) is 50.4. The highest BCUT2D eigenvalue weighted by atomic mass is 35.5. The molecule has 29 heavy (non-hydrogen) atoms. The monoisotopic (exact) mass is 418 g/mol. The van der Waals surface area contributed by atoms with Crippen LogP contribution in [0.15, 0.2) is 30.4 Å². The van der Waals surface area contributed by atoms with Gasteiger partial charge in [0.05, 0.1) is 18.3 Å². The Hall–Kier alpha value is -2.67. The number of likely N-dealkylation sites (tertiary alicyclic amines) is 1. The van der Waals surface area contributed by atoms with E-state index in [1.807, 2.05) is 19.1 Å². The number of hydrogen-bond acceptors (Lipinski definition) is 5. The first-order chi connectivity index (χ1) is 13.8. The molecule has 1 aliphatic carbocycles. The molecule has 1 saturated heterocycles. The lowest BCUT2D eigenvalue weighted by Crippen LogP contribution is -2.35. The molecule has 1 N–H and O–H groups in total. The van der Waals surface area contributed by atoms with Gasteiger partial charge in [-0.05, 0) is 44.4 Å². The fourth-order valence-electron chi connectivity index (χ4n) is 3.57. The van der Waals surface area contributed by atoms with Crippen LogP contribution in [0.5, 0.6) is 0 Å². The summed E-state index contributed by atoms with van der Waals surface area (Å²) < 4.78 is 5.16. The number of imide groups is 1. The van der Waals surface area contributed by atoms with E-state index in [2.05, 4.69) is 5.32 Å². The van der Waals surface area contributed by atoms with E-state index in [-0.39, 0.29) is 36.6 Å². The Morgan fingerprint density at radius 1 is 1.21 bits per heavy atom. The molecule has 1 heterocycles. The number of benzene rings is 1. The summed E-state index contributed by atoms with van der Waals surface area (Å²) in [5.41, 5.74) is 1.36. The van der Waals surface area contributed by atoms with Crippen molar-refractivity contribution in [2.45, 2.75) is 39.2 Å². The van der Waals surface area contributed by atoms with E-state index in [1.165, 1.54) is 6.92 Å². The van der Waals surface area contributed by atoms with Crippen molar-refractivity contribution >= 4 is 41.0 Å². The van der Waals surface area contributed by atoms with Crippen molar-refractivity contribution in [1.82, 2.24) is 4.90 Å². The molecular weight excluding hydrogens is 396 g/mol. The SMILES string of the molecule is Cc1ccc(Cl)cc1NC(=O)[C@@H](C)OC(=O)CCN1C(=O)[C@H]2CC=CC[C@H]2C1=O. The Balaban J connectivity index is 1.50. The second-order valence-corrected chi connectivity index (χ2v) is 7.75. The standard InChI is InChI=1S/C21H23ClN2O5/c1-12-7-8-14(22)11-17(12)23-19(26)13(2)29-18(25)9-10-24-20(27)15-5-3-4-6-16(15)21(24)28/h3-4,7-8,11,13,15-16H,5-6,9-10H2,1-2H3,(H,23,26)/t13-,15-,16+/m1/s1. The highest BCUT2D eigenvalue weighted by Crippen LogP contribution is 2.35. The molecule has 0 saturated carbocycles. The third-order valence-corrected chi connectivity index (χ3v) is 5.51. The molecule has 1 aliphatic heterocycles. The number of hydrogen-bond donors (Lipinski definition) is 1. The van der Waals surface area contributed by atoms with Gasteiger partial charge in [-0.3, -0.25) is 24.1 Å². The summed E-state index contributed by atoms with van der Waals surface area (Å²) in [5.74, 6) is -2.26. The van der Waals surface area contributed by atoms with E-state index >= 15 is 0 Å². The zero-order valence-electron chi connectivity index (χ0n) is 16.3. The van der Waals surface area contributed by atoms with Crippen LogP contribution in [0.4, 0.5) is 5.69 Å². The molecule has 1 fully saturated rings. The van der Waals surface area contributed by atoms with Gasteiger partial charge < -0.3 is 10.1 Å². The van der Waals surface area contributed by atoms with Gasteiger partial charge in [-0.15, -0.1) is 0 Å². The first-order valence-corrected chi connectivity index (χ1v) is 9.92. The van der Waals surface area contributed by atoms with E-state index in [0.29, 0.717) is 23.6 Å². The fraction of sp³-hybridized carbons (Fsp3) is 0.429. The lowest BCUT2D eigenvalue weighted by molar-refractivity contribution is -0.154. The Kier molecular flexibility index (Phi) is 6.37.